The van der Waals surface area contributed by atoms with Crippen molar-refractivity contribution in [3.05, 3.63) is 11.3 Å². The van der Waals surface area contributed by atoms with E-state index in [9.17, 15) is 9.59 Å². The Labute approximate surface area is 161 Å². The van der Waals surface area contributed by atoms with Gasteiger partial charge in [-0.15, -0.1) is 0 Å². The highest BCUT2D eigenvalue weighted by Gasteiger charge is 2.35. The van der Waals surface area contributed by atoms with Gasteiger partial charge in [0.05, 0.1) is 12.6 Å². The molecule has 0 aliphatic carbocycles. The van der Waals surface area contributed by atoms with Crippen LogP contribution in [0.5, 0.6) is 0 Å². The van der Waals surface area contributed by atoms with E-state index >= 15 is 0 Å². The monoisotopic (exact) mass is 380 g/mol. The number of methoxy groups -OCH3 is 1. The highest BCUT2D eigenvalue weighted by molar-refractivity contribution is 5.90. The Kier molecular flexibility index (Phi) is 5.77. The summed E-state index contributed by atoms with van der Waals surface area (Å²) in [6.07, 6.45) is 1.25. The average Bonchev–Trinajstić information content (AvgIpc) is 2.90. The van der Waals surface area contributed by atoms with E-state index in [0.717, 1.165) is 12.8 Å². The highest BCUT2D eigenvalue weighted by atomic mass is 16.6. The van der Waals surface area contributed by atoms with Crippen molar-refractivity contribution < 1.29 is 19.1 Å². The zero-order valence-corrected chi connectivity index (χ0v) is 17.5. The SMILES string of the molecule is COC(=O)c1nn(C(C)(C)C)c(N)c1C1CCCN(C(=O)OC(C)(C)C)C1. The first-order chi connectivity index (χ1) is 12.3. The molecule has 0 aromatic carbocycles. The third kappa shape index (κ3) is 4.73. The van der Waals surface area contributed by atoms with Crippen LogP contribution in [-0.4, -0.2) is 52.5 Å². The topological polar surface area (TPSA) is 99.7 Å². The molecule has 8 nitrogen and oxygen atoms in total. The number of carbonyl (C=O) groups excluding carboxylic acids is 2. The van der Waals surface area contributed by atoms with E-state index in [4.69, 9.17) is 15.2 Å². The molecule has 2 N–H and O–H groups in total. The van der Waals surface area contributed by atoms with Gasteiger partial charge < -0.3 is 20.1 Å². The minimum atomic E-state index is -0.558. The molecular formula is C19H32N4O4. The smallest absolute Gasteiger partial charge is 0.410 e. The number of ether oxygens (including phenoxy) is 2. The molecule has 1 aliphatic rings. The molecule has 0 saturated carbocycles. The van der Waals surface area contributed by atoms with Gasteiger partial charge in [0, 0.05) is 24.6 Å². The standard InChI is InChI=1S/C19H32N4O4/c1-18(2,3)23-15(20)13(14(21-23)16(24)26-7)12-9-8-10-22(11-12)17(25)27-19(4,5)6/h12H,8-11,20H2,1-7H3. The summed E-state index contributed by atoms with van der Waals surface area (Å²) in [5.41, 5.74) is 6.33. The van der Waals surface area contributed by atoms with Crippen LogP contribution in [0, 0.1) is 0 Å². The van der Waals surface area contributed by atoms with Gasteiger partial charge >= 0.3 is 12.1 Å². The molecular weight excluding hydrogens is 348 g/mol. The number of piperidine rings is 1. The number of rotatable bonds is 2. The van der Waals surface area contributed by atoms with E-state index in [1.54, 1.807) is 9.58 Å². The second-order valence-corrected chi connectivity index (χ2v) is 8.99. The Hall–Kier alpha value is -2.25. The van der Waals surface area contributed by atoms with Gasteiger partial charge in [-0.2, -0.15) is 5.10 Å². The maximum Gasteiger partial charge on any atom is 0.410 e. The second-order valence-electron chi connectivity index (χ2n) is 8.99. The number of amides is 1. The minimum absolute atomic E-state index is 0.100. The Bertz CT molecular complexity index is 713. The Morgan fingerprint density at radius 2 is 1.81 bits per heavy atom. The van der Waals surface area contributed by atoms with E-state index in [-0.39, 0.29) is 23.2 Å². The van der Waals surface area contributed by atoms with Crippen LogP contribution >= 0.6 is 0 Å². The van der Waals surface area contributed by atoms with Crippen LogP contribution in [0.15, 0.2) is 0 Å². The lowest BCUT2D eigenvalue weighted by molar-refractivity contribution is 0.0198. The number of nitrogen functional groups attached to an aromatic ring is 1. The van der Waals surface area contributed by atoms with Gasteiger partial charge in [-0.3, -0.25) is 0 Å². The fourth-order valence-corrected chi connectivity index (χ4v) is 3.31. The zero-order chi connectivity index (χ0) is 20.6. The summed E-state index contributed by atoms with van der Waals surface area (Å²) in [6.45, 7) is 12.5. The van der Waals surface area contributed by atoms with Crippen LogP contribution in [0.3, 0.4) is 0 Å². The van der Waals surface area contributed by atoms with E-state index in [1.165, 1.54) is 7.11 Å². The van der Waals surface area contributed by atoms with Gasteiger partial charge in [0.15, 0.2) is 5.69 Å². The van der Waals surface area contributed by atoms with Crippen molar-refractivity contribution in [3.8, 4) is 0 Å². The summed E-state index contributed by atoms with van der Waals surface area (Å²) in [5, 5.41) is 4.44. The van der Waals surface area contributed by atoms with Crippen LogP contribution in [0.1, 0.15) is 76.4 Å². The van der Waals surface area contributed by atoms with E-state index in [2.05, 4.69) is 5.10 Å². The van der Waals surface area contributed by atoms with Crippen molar-refractivity contribution in [3.63, 3.8) is 0 Å². The zero-order valence-electron chi connectivity index (χ0n) is 17.5. The molecule has 1 aliphatic heterocycles. The molecule has 2 rings (SSSR count). The summed E-state index contributed by atoms with van der Waals surface area (Å²) >= 11 is 0. The van der Waals surface area contributed by atoms with Crippen molar-refractivity contribution in [1.82, 2.24) is 14.7 Å². The molecule has 2 heterocycles. The molecule has 1 amide bonds. The predicted molar refractivity (Wildman–Crippen MR) is 103 cm³/mol. The van der Waals surface area contributed by atoms with Crippen molar-refractivity contribution in [2.24, 2.45) is 0 Å². The number of hydrogen-bond acceptors (Lipinski definition) is 6. The Morgan fingerprint density at radius 3 is 2.33 bits per heavy atom. The largest absolute Gasteiger partial charge is 0.464 e. The molecule has 8 heteroatoms. The van der Waals surface area contributed by atoms with Crippen LogP contribution in [-0.2, 0) is 15.0 Å². The van der Waals surface area contributed by atoms with Gasteiger partial charge in [-0.25, -0.2) is 14.3 Å². The molecule has 27 heavy (non-hydrogen) atoms. The summed E-state index contributed by atoms with van der Waals surface area (Å²) in [7, 11) is 1.33. The van der Waals surface area contributed by atoms with E-state index in [1.807, 2.05) is 41.5 Å². The maximum atomic E-state index is 12.5. The van der Waals surface area contributed by atoms with Crippen molar-refractivity contribution >= 4 is 17.9 Å². The number of nitrogens with two attached hydrogens (primary N) is 1. The normalized spacial score (nSPS) is 18.3. The van der Waals surface area contributed by atoms with Crippen molar-refractivity contribution in [1.29, 1.82) is 0 Å². The van der Waals surface area contributed by atoms with Crippen LogP contribution in [0.25, 0.3) is 0 Å². The molecule has 0 spiro atoms. The van der Waals surface area contributed by atoms with Gasteiger partial charge in [0.2, 0.25) is 0 Å². The molecule has 1 aromatic heterocycles. The molecule has 0 bridgehead atoms. The minimum Gasteiger partial charge on any atom is -0.464 e. The summed E-state index contributed by atoms with van der Waals surface area (Å²) < 4.78 is 12.1. The van der Waals surface area contributed by atoms with Crippen molar-refractivity contribution in [2.75, 3.05) is 25.9 Å². The predicted octanol–water partition coefficient (Wildman–Crippen LogP) is 3.12. The van der Waals surface area contributed by atoms with Gasteiger partial charge in [-0.1, -0.05) is 0 Å². The van der Waals surface area contributed by atoms with Gasteiger partial charge in [-0.05, 0) is 54.4 Å². The number of anilines is 1. The second kappa shape index (κ2) is 7.40. The fourth-order valence-electron chi connectivity index (χ4n) is 3.31. The molecule has 1 fully saturated rings. The lowest BCUT2D eigenvalue weighted by Gasteiger charge is -2.34. The first kappa shape index (κ1) is 21.1. The summed E-state index contributed by atoms with van der Waals surface area (Å²) in [5.74, 6) is -0.176. The number of esters is 1. The number of nitrogens with zero attached hydrogens (tertiary/aromatic N) is 3. The van der Waals surface area contributed by atoms with Gasteiger partial charge in [0.25, 0.3) is 0 Å². The van der Waals surface area contributed by atoms with E-state index < -0.39 is 11.6 Å². The van der Waals surface area contributed by atoms with Crippen LogP contribution in [0.2, 0.25) is 0 Å². The molecule has 1 atom stereocenters. The molecule has 1 aromatic rings. The first-order valence-electron chi connectivity index (χ1n) is 9.30. The average molecular weight is 380 g/mol. The number of aromatic nitrogens is 2. The third-order valence-electron chi connectivity index (χ3n) is 4.45. The first-order valence-corrected chi connectivity index (χ1v) is 9.30. The van der Waals surface area contributed by atoms with Crippen LogP contribution in [0.4, 0.5) is 10.6 Å². The summed E-state index contributed by atoms with van der Waals surface area (Å²) in [4.78, 5) is 26.5. The third-order valence-corrected chi connectivity index (χ3v) is 4.45. The Balaban J connectivity index is 2.37. The molecule has 1 saturated heterocycles. The fraction of sp³-hybridized carbons (Fsp3) is 0.737. The van der Waals surface area contributed by atoms with Crippen LogP contribution < -0.4 is 5.73 Å². The lowest BCUT2D eigenvalue weighted by Crippen LogP contribution is -2.42. The highest BCUT2D eigenvalue weighted by Crippen LogP contribution is 2.36. The number of hydrogen-bond donors (Lipinski definition) is 1. The molecule has 1 unspecified atom stereocenters. The quantitative estimate of drug-likeness (QED) is 0.791. The van der Waals surface area contributed by atoms with E-state index in [0.29, 0.717) is 24.5 Å². The van der Waals surface area contributed by atoms with Crippen molar-refractivity contribution in [2.45, 2.75) is 71.4 Å². The molecule has 152 valence electrons. The number of carbonyl (C=O) groups is 2. The summed E-state index contributed by atoms with van der Waals surface area (Å²) in [6, 6.07) is 0. The lowest BCUT2D eigenvalue weighted by atomic mass is 9.90. The maximum absolute atomic E-state index is 12.5. The number of likely N-dealkylation sites (tertiary alicyclic amines) is 1. The molecule has 0 radical (unpaired) electrons. The Morgan fingerprint density at radius 1 is 1.19 bits per heavy atom. The van der Waals surface area contributed by atoms with Gasteiger partial charge in [0.1, 0.15) is 11.4 Å².